The second-order valence-corrected chi connectivity index (χ2v) is 4.68. The zero-order valence-corrected chi connectivity index (χ0v) is 10.2. The number of hydrogen-bond acceptors (Lipinski definition) is 2. The van der Waals surface area contributed by atoms with Gasteiger partial charge in [-0.2, -0.15) is 0 Å². The highest BCUT2D eigenvalue weighted by Gasteiger charge is 2.06. The van der Waals surface area contributed by atoms with Crippen molar-refractivity contribution in [2.24, 2.45) is 0 Å². The quantitative estimate of drug-likeness (QED) is 0.738. The summed E-state index contributed by atoms with van der Waals surface area (Å²) in [4.78, 5) is 11.1. The van der Waals surface area contributed by atoms with Gasteiger partial charge in [0.15, 0.2) is 0 Å². The van der Waals surface area contributed by atoms with Gasteiger partial charge in [-0.05, 0) is 39.5 Å². The highest BCUT2D eigenvalue weighted by Crippen LogP contribution is 2.25. The minimum absolute atomic E-state index is 0.327. The lowest BCUT2D eigenvalue weighted by Crippen LogP contribution is -1.97. The summed E-state index contributed by atoms with van der Waals surface area (Å²) in [6.07, 6.45) is 0. The van der Waals surface area contributed by atoms with Crippen LogP contribution in [0.25, 0.3) is 11.0 Å². The summed E-state index contributed by atoms with van der Waals surface area (Å²) >= 11 is 3.37. The minimum atomic E-state index is -0.327. The molecule has 0 atom stereocenters. The average Bonchev–Trinajstić information content (AvgIpc) is 2.16. The van der Waals surface area contributed by atoms with Gasteiger partial charge >= 0.3 is 5.63 Å². The normalized spacial score (nSPS) is 11.2. The average molecular weight is 267 g/mol. The maximum atomic E-state index is 11.1. The van der Waals surface area contributed by atoms with E-state index in [0.29, 0.717) is 11.5 Å². The van der Waals surface area contributed by atoms with Crippen LogP contribution in [0.4, 0.5) is 0 Å². The van der Waals surface area contributed by atoms with Crippen LogP contribution in [0.1, 0.15) is 25.3 Å². The molecule has 0 radical (unpaired) electrons. The van der Waals surface area contributed by atoms with Crippen LogP contribution in [0.15, 0.2) is 37.9 Å². The van der Waals surface area contributed by atoms with Gasteiger partial charge in [-0.25, -0.2) is 4.79 Å². The number of benzene rings is 1. The third kappa shape index (κ3) is 1.97. The third-order valence-corrected chi connectivity index (χ3v) is 3.04. The summed E-state index contributed by atoms with van der Waals surface area (Å²) in [6.45, 7) is 4.27. The van der Waals surface area contributed by atoms with Crippen molar-refractivity contribution in [1.82, 2.24) is 0 Å². The highest BCUT2D eigenvalue weighted by atomic mass is 79.9. The van der Waals surface area contributed by atoms with Crippen molar-refractivity contribution in [3.8, 4) is 0 Å². The Morgan fingerprint density at radius 2 is 2.00 bits per heavy atom. The Morgan fingerprint density at radius 3 is 2.67 bits per heavy atom. The lowest BCUT2D eigenvalue weighted by molar-refractivity contribution is 0.560. The van der Waals surface area contributed by atoms with Crippen molar-refractivity contribution in [1.29, 1.82) is 0 Å². The Balaban J connectivity index is 2.77. The Bertz CT molecular complexity index is 555. The van der Waals surface area contributed by atoms with Gasteiger partial charge in [-0.3, -0.25) is 0 Å². The molecule has 0 aliphatic heterocycles. The van der Waals surface area contributed by atoms with Crippen molar-refractivity contribution in [2.75, 3.05) is 0 Å². The maximum Gasteiger partial charge on any atom is 0.337 e. The zero-order chi connectivity index (χ0) is 11.0. The molecule has 0 saturated carbocycles. The first-order chi connectivity index (χ1) is 7.08. The van der Waals surface area contributed by atoms with E-state index in [1.54, 1.807) is 0 Å². The van der Waals surface area contributed by atoms with E-state index in [1.807, 2.05) is 18.2 Å². The van der Waals surface area contributed by atoms with Crippen molar-refractivity contribution in [3.05, 3.63) is 44.7 Å². The van der Waals surface area contributed by atoms with Crippen molar-refractivity contribution >= 4 is 26.9 Å². The van der Waals surface area contributed by atoms with Crippen molar-refractivity contribution < 1.29 is 4.42 Å². The smallest absolute Gasteiger partial charge is 0.337 e. The summed E-state index contributed by atoms with van der Waals surface area (Å²) in [5.74, 6) is 0.466. The van der Waals surface area contributed by atoms with Crippen LogP contribution in [0, 0.1) is 0 Å². The zero-order valence-electron chi connectivity index (χ0n) is 8.58. The van der Waals surface area contributed by atoms with Crippen LogP contribution < -0.4 is 5.63 Å². The second-order valence-electron chi connectivity index (χ2n) is 3.82. The molecule has 2 rings (SSSR count). The molecule has 2 aromatic rings. The monoisotopic (exact) mass is 266 g/mol. The molecule has 3 heteroatoms. The first kappa shape index (κ1) is 10.4. The highest BCUT2D eigenvalue weighted by molar-refractivity contribution is 9.10. The van der Waals surface area contributed by atoms with Crippen LogP contribution in [0.5, 0.6) is 0 Å². The molecule has 0 N–H and O–H groups in total. The standard InChI is InChI=1S/C12H11BrO2/c1-7(2)8-3-4-11-9(5-8)10(13)6-12(14)15-11/h3-7H,1-2H3. The number of halogens is 1. The van der Waals surface area contributed by atoms with Crippen LogP contribution >= 0.6 is 15.9 Å². The summed E-state index contributed by atoms with van der Waals surface area (Å²) in [5, 5.41) is 0.945. The predicted molar refractivity (Wildman–Crippen MR) is 64.3 cm³/mol. The molecule has 0 aliphatic rings. The summed E-state index contributed by atoms with van der Waals surface area (Å²) in [5.41, 5.74) is 1.53. The molecular formula is C12H11BrO2. The molecule has 1 heterocycles. The fraction of sp³-hybridized carbons (Fsp3) is 0.250. The molecular weight excluding hydrogens is 256 g/mol. The Kier molecular flexibility index (Phi) is 2.65. The SMILES string of the molecule is CC(C)c1ccc2oc(=O)cc(Br)c2c1. The van der Waals surface area contributed by atoms with E-state index >= 15 is 0 Å². The molecule has 2 nitrogen and oxygen atoms in total. The van der Waals surface area contributed by atoms with E-state index in [1.165, 1.54) is 11.6 Å². The molecule has 0 saturated heterocycles. The van der Waals surface area contributed by atoms with E-state index < -0.39 is 0 Å². The van der Waals surface area contributed by atoms with Gasteiger partial charge in [0, 0.05) is 15.9 Å². The maximum absolute atomic E-state index is 11.1. The largest absolute Gasteiger partial charge is 0.423 e. The van der Waals surface area contributed by atoms with Gasteiger partial charge in [0.1, 0.15) is 5.58 Å². The Labute approximate surface area is 96.0 Å². The van der Waals surface area contributed by atoms with Crippen LogP contribution in [0.3, 0.4) is 0 Å². The molecule has 0 spiro atoms. The predicted octanol–water partition coefficient (Wildman–Crippen LogP) is 3.68. The van der Waals surface area contributed by atoms with Crippen molar-refractivity contribution in [2.45, 2.75) is 19.8 Å². The van der Waals surface area contributed by atoms with Crippen LogP contribution in [-0.2, 0) is 0 Å². The molecule has 0 aliphatic carbocycles. The third-order valence-electron chi connectivity index (χ3n) is 2.38. The van der Waals surface area contributed by atoms with Gasteiger partial charge in [0.05, 0.1) is 0 Å². The number of fused-ring (bicyclic) bond motifs is 1. The number of rotatable bonds is 1. The van der Waals surface area contributed by atoms with E-state index in [4.69, 9.17) is 4.42 Å². The molecule has 0 bridgehead atoms. The minimum Gasteiger partial charge on any atom is -0.423 e. The topological polar surface area (TPSA) is 30.2 Å². The number of hydrogen-bond donors (Lipinski definition) is 0. The van der Waals surface area contributed by atoms with Crippen LogP contribution in [-0.4, -0.2) is 0 Å². The van der Waals surface area contributed by atoms with E-state index in [-0.39, 0.29) is 5.63 Å². The lowest BCUT2D eigenvalue weighted by atomic mass is 10.0. The molecule has 1 aromatic carbocycles. The van der Waals surface area contributed by atoms with Gasteiger partial charge in [-0.1, -0.05) is 19.9 Å². The van der Waals surface area contributed by atoms with E-state index in [0.717, 1.165) is 9.86 Å². The fourth-order valence-electron chi connectivity index (χ4n) is 1.50. The van der Waals surface area contributed by atoms with Gasteiger partial charge in [0.2, 0.25) is 0 Å². The van der Waals surface area contributed by atoms with Gasteiger partial charge in [0.25, 0.3) is 0 Å². The van der Waals surface area contributed by atoms with E-state index in [2.05, 4.69) is 29.8 Å². The first-order valence-corrected chi connectivity index (χ1v) is 5.60. The summed E-state index contributed by atoms with van der Waals surface area (Å²) in [7, 11) is 0. The van der Waals surface area contributed by atoms with Gasteiger partial charge < -0.3 is 4.42 Å². The fourth-order valence-corrected chi connectivity index (χ4v) is 2.00. The summed E-state index contributed by atoms with van der Waals surface area (Å²) < 4.78 is 5.88. The molecule has 0 amide bonds. The molecule has 1 aromatic heterocycles. The summed E-state index contributed by atoms with van der Waals surface area (Å²) in [6, 6.07) is 7.33. The van der Waals surface area contributed by atoms with Crippen LogP contribution in [0.2, 0.25) is 0 Å². The van der Waals surface area contributed by atoms with Gasteiger partial charge in [-0.15, -0.1) is 0 Å². The lowest BCUT2D eigenvalue weighted by Gasteiger charge is -2.06. The molecule has 78 valence electrons. The van der Waals surface area contributed by atoms with E-state index in [9.17, 15) is 4.79 Å². The first-order valence-electron chi connectivity index (χ1n) is 4.81. The van der Waals surface area contributed by atoms with Crippen molar-refractivity contribution in [3.63, 3.8) is 0 Å². The Hall–Kier alpha value is -1.09. The molecule has 0 fully saturated rings. The Morgan fingerprint density at radius 1 is 1.27 bits per heavy atom. The second kappa shape index (κ2) is 3.81. The molecule has 15 heavy (non-hydrogen) atoms. The molecule has 0 unspecified atom stereocenters.